The van der Waals surface area contributed by atoms with Crippen LogP contribution in [0, 0.1) is 34.0 Å². The van der Waals surface area contributed by atoms with Crippen molar-refractivity contribution in [2.45, 2.75) is 0 Å². The lowest BCUT2D eigenvalue weighted by Crippen LogP contribution is -2.07. The Kier molecular flexibility index (Phi) is 4.57. The van der Waals surface area contributed by atoms with E-state index in [1.165, 1.54) is 6.08 Å². The summed E-state index contributed by atoms with van der Waals surface area (Å²) in [6.07, 6.45) is 1.44. The molecule has 0 saturated carbocycles. The first kappa shape index (κ1) is 17.3. The molecule has 0 bridgehead atoms. The van der Waals surface area contributed by atoms with Gasteiger partial charge < -0.3 is 15.9 Å². The van der Waals surface area contributed by atoms with Crippen molar-refractivity contribution in [1.29, 1.82) is 15.8 Å². The molecular weight excluding hydrogens is 340 g/mol. The molecule has 128 valence electrons. The number of hydrogen-bond donors (Lipinski definition) is 2. The van der Waals surface area contributed by atoms with Crippen LogP contribution in [0.15, 0.2) is 46.9 Å². The predicted octanol–water partition coefficient (Wildman–Crippen LogP) is 3.31. The number of anilines is 2. The average molecular weight is 352 g/mol. The first-order chi connectivity index (χ1) is 13.1. The van der Waals surface area contributed by atoms with Crippen molar-refractivity contribution in [1.82, 2.24) is 4.98 Å². The van der Waals surface area contributed by atoms with Gasteiger partial charge in [0.05, 0.1) is 11.3 Å². The number of aromatic nitrogens is 1. The number of pyridine rings is 1. The maximum absolute atomic E-state index is 9.54. The van der Waals surface area contributed by atoms with Gasteiger partial charge in [-0.1, -0.05) is 30.3 Å². The number of nitrogen functional groups attached to an aromatic ring is 2. The average Bonchev–Trinajstić information content (AvgIpc) is 3.15. The summed E-state index contributed by atoms with van der Waals surface area (Å²) >= 11 is 0. The Bertz CT molecular complexity index is 1170. The molecule has 0 aliphatic rings. The zero-order valence-electron chi connectivity index (χ0n) is 14.0. The van der Waals surface area contributed by atoms with Crippen LogP contribution in [0.2, 0.25) is 0 Å². The fourth-order valence-electron chi connectivity index (χ4n) is 2.53. The number of nitriles is 3. The van der Waals surface area contributed by atoms with Gasteiger partial charge in [0.2, 0.25) is 0 Å². The molecule has 0 radical (unpaired) electrons. The molecule has 7 nitrogen and oxygen atoms in total. The van der Waals surface area contributed by atoms with Gasteiger partial charge in [0, 0.05) is 11.6 Å². The van der Waals surface area contributed by atoms with Crippen LogP contribution in [0.5, 0.6) is 0 Å². The summed E-state index contributed by atoms with van der Waals surface area (Å²) < 4.78 is 5.75. The number of hydrogen-bond acceptors (Lipinski definition) is 7. The van der Waals surface area contributed by atoms with E-state index in [-0.39, 0.29) is 33.9 Å². The van der Waals surface area contributed by atoms with Crippen LogP contribution in [-0.4, -0.2) is 4.98 Å². The minimum atomic E-state index is -0.144. The second-order valence-electron chi connectivity index (χ2n) is 5.47. The summed E-state index contributed by atoms with van der Waals surface area (Å²) in [7, 11) is 0. The maximum atomic E-state index is 9.54. The van der Waals surface area contributed by atoms with Crippen molar-refractivity contribution in [3.8, 4) is 29.5 Å². The van der Waals surface area contributed by atoms with E-state index in [1.54, 1.807) is 12.1 Å². The summed E-state index contributed by atoms with van der Waals surface area (Å²) in [6, 6.07) is 18.6. The molecule has 27 heavy (non-hydrogen) atoms. The molecule has 3 aromatic rings. The van der Waals surface area contributed by atoms with Gasteiger partial charge in [-0.3, -0.25) is 0 Å². The van der Waals surface area contributed by atoms with Crippen LogP contribution in [0.1, 0.15) is 22.6 Å². The van der Waals surface area contributed by atoms with Crippen molar-refractivity contribution in [2.24, 2.45) is 0 Å². The van der Waals surface area contributed by atoms with Gasteiger partial charge in [0.15, 0.2) is 0 Å². The number of furan rings is 1. The lowest BCUT2D eigenvalue weighted by Gasteiger charge is -2.08. The Morgan fingerprint density at radius 2 is 1.67 bits per heavy atom. The first-order valence-electron chi connectivity index (χ1n) is 7.75. The molecular formula is C20H12N6O. The topological polar surface area (TPSA) is 149 Å². The Morgan fingerprint density at radius 1 is 0.963 bits per heavy atom. The fourth-order valence-corrected chi connectivity index (χ4v) is 2.53. The fraction of sp³-hybridized carbons (Fsp3) is 0. The van der Waals surface area contributed by atoms with E-state index in [0.29, 0.717) is 11.5 Å². The van der Waals surface area contributed by atoms with Crippen molar-refractivity contribution in [3.63, 3.8) is 0 Å². The molecule has 0 amide bonds. The zero-order chi connectivity index (χ0) is 19.4. The van der Waals surface area contributed by atoms with E-state index in [2.05, 4.69) is 4.98 Å². The summed E-state index contributed by atoms with van der Waals surface area (Å²) in [5, 5.41) is 28.0. The summed E-state index contributed by atoms with van der Waals surface area (Å²) in [5.74, 6) is 0.888. The molecule has 4 N–H and O–H groups in total. The highest BCUT2D eigenvalue weighted by Gasteiger charge is 2.19. The summed E-state index contributed by atoms with van der Waals surface area (Å²) in [5.41, 5.74) is 12.3. The van der Waals surface area contributed by atoms with E-state index in [1.807, 2.05) is 48.5 Å². The van der Waals surface area contributed by atoms with Crippen LogP contribution < -0.4 is 11.5 Å². The van der Waals surface area contributed by atoms with E-state index >= 15 is 0 Å². The molecule has 2 heterocycles. The minimum Gasteiger partial charge on any atom is -0.457 e. The highest BCUT2D eigenvalue weighted by atomic mass is 16.3. The van der Waals surface area contributed by atoms with Crippen molar-refractivity contribution < 1.29 is 4.42 Å². The van der Waals surface area contributed by atoms with Gasteiger partial charge >= 0.3 is 0 Å². The Labute approximate surface area is 155 Å². The third kappa shape index (κ3) is 3.19. The van der Waals surface area contributed by atoms with Crippen molar-refractivity contribution in [2.75, 3.05) is 11.5 Å². The quantitative estimate of drug-likeness (QED) is 0.686. The van der Waals surface area contributed by atoms with E-state index in [0.717, 1.165) is 5.56 Å². The largest absolute Gasteiger partial charge is 0.457 e. The molecule has 7 heteroatoms. The maximum Gasteiger partial charge on any atom is 0.144 e. The lowest BCUT2D eigenvalue weighted by atomic mass is 10.0. The van der Waals surface area contributed by atoms with Gasteiger partial charge in [0.25, 0.3) is 0 Å². The highest BCUT2D eigenvalue weighted by molar-refractivity contribution is 5.92. The van der Waals surface area contributed by atoms with Gasteiger partial charge in [-0.15, -0.1) is 0 Å². The van der Waals surface area contributed by atoms with Crippen LogP contribution in [-0.2, 0) is 0 Å². The SMILES string of the molecule is N#C/C(=C\c1ccc(-c2ccccc2)o1)c1nc(N)c(C#N)c(N)c1C#N. The van der Waals surface area contributed by atoms with Gasteiger partial charge in [-0.2, -0.15) is 15.8 Å². The zero-order valence-corrected chi connectivity index (χ0v) is 14.0. The molecule has 0 saturated heterocycles. The number of rotatable bonds is 3. The van der Waals surface area contributed by atoms with Gasteiger partial charge in [-0.05, 0) is 12.1 Å². The van der Waals surface area contributed by atoms with Crippen molar-refractivity contribution >= 4 is 23.2 Å². The monoisotopic (exact) mass is 352 g/mol. The molecule has 0 spiro atoms. The molecule has 3 rings (SSSR count). The Balaban J connectivity index is 2.10. The van der Waals surface area contributed by atoms with E-state index in [4.69, 9.17) is 21.1 Å². The second-order valence-corrected chi connectivity index (χ2v) is 5.47. The number of allylic oxidation sites excluding steroid dienone is 1. The normalized spacial score (nSPS) is 10.6. The molecule has 0 fully saturated rings. The Hall–Kier alpha value is -4.54. The van der Waals surface area contributed by atoms with Gasteiger partial charge in [-0.25, -0.2) is 4.98 Å². The Morgan fingerprint density at radius 3 is 2.30 bits per heavy atom. The van der Waals surface area contributed by atoms with Crippen LogP contribution in [0.4, 0.5) is 11.5 Å². The number of nitrogens with two attached hydrogens (primary N) is 2. The molecule has 0 atom stereocenters. The standard InChI is InChI=1S/C20H12N6O/c21-9-13(19-15(10-22)18(24)16(11-23)20(25)26-19)8-14-6-7-17(27-14)12-4-2-1-3-5-12/h1-8H,(H4,24,25,26)/b13-8+. The van der Waals surface area contributed by atoms with Crippen molar-refractivity contribution in [3.05, 3.63) is 65.0 Å². The van der Waals surface area contributed by atoms with E-state index < -0.39 is 0 Å². The predicted molar refractivity (Wildman–Crippen MR) is 100 cm³/mol. The number of nitrogens with zero attached hydrogens (tertiary/aromatic N) is 4. The second kappa shape index (κ2) is 7.14. The lowest BCUT2D eigenvalue weighted by molar-refractivity contribution is 0.572. The summed E-state index contributed by atoms with van der Waals surface area (Å²) in [6.45, 7) is 0. The highest BCUT2D eigenvalue weighted by Crippen LogP contribution is 2.30. The molecule has 2 aromatic heterocycles. The van der Waals surface area contributed by atoms with Crippen LogP contribution >= 0.6 is 0 Å². The molecule has 0 unspecified atom stereocenters. The minimum absolute atomic E-state index is 0.00617. The molecule has 0 aliphatic carbocycles. The van der Waals surface area contributed by atoms with E-state index in [9.17, 15) is 10.5 Å². The molecule has 1 aromatic carbocycles. The summed E-state index contributed by atoms with van der Waals surface area (Å²) in [4.78, 5) is 4.03. The number of benzene rings is 1. The third-order valence-corrected chi connectivity index (χ3v) is 3.83. The van der Waals surface area contributed by atoms with Crippen LogP contribution in [0.25, 0.3) is 23.0 Å². The first-order valence-corrected chi connectivity index (χ1v) is 7.75. The van der Waals surface area contributed by atoms with Gasteiger partial charge in [0.1, 0.15) is 52.4 Å². The van der Waals surface area contributed by atoms with Crippen LogP contribution in [0.3, 0.4) is 0 Å². The third-order valence-electron chi connectivity index (χ3n) is 3.83. The smallest absolute Gasteiger partial charge is 0.144 e. The molecule has 0 aliphatic heterocycles.